The highest BCUT2D eigenvalue weighted by atomic mass is 79.9. The molecular weight excluding hydrogens is 710 g/mol. The van der Waals surface area contributed by atoms with Gasteiger partial charge in [-0.05, 0) is 58.3 Å². The normalized spacial score (nSPS) is 18.6. The molecule has 0 bridgehead atoms. The third kappa shape index (κ3) is 6.09. The molecule has 6 rings (SSSR count). The maximum atomic E-state index is 13.6. The Labute approximate surface area is 282 Å². The van der Waals surface area contributed by atoms with Crippen LogP contribution in [0.3, 0.4) is 0 Å². The van der Waals surface area contributed by atoms with Gasteiger partial charge in [0, 0.05) is 34.1 Å². The molecule has 0 amide bonds. The van der Waals surface area contributed by atoms with Gasteiger partial charge in [0.15, 0.2) is 22.1 Å². The second-order valence-electron chi connectivity index (χ2n) is 11.5. The van der Waals surface area contributed by atoms with Crippen LogP contribution >= 0.6 is 15.9 Å². The van der Waals surface area contributed by atoms with Gasteiger partial charge in [0.1, 0.15) is 17.7 Å². The lowest BCUT2D eigenvalue weighted by Crippen LogP contribution is -2.39. The van der Waals surface area contributed by atoms with Crippen molar-refractivity contribution in [2.24, 2.45) is 10.9 Å². The molecule has 1 aliphatic heterocycles. The minimum absolute atomic E-state index is 0.0226. The number of nitro benzene ring substituents is 1. The number of aromatic nitrogens is 2. The average Bonchev–Trinajstić information content (AvgIpc) is 3.77. The predicted molar refractivity (Wildman–Crippen MR) is 177 cm³/mol. The lowest BCUT2D eigenvalue weighted by atomic mass is 9.93. The summed E-state index contributed by atoms with van der Waals surface area (Å²) in [7, 11) is -3.26. The number of benzene rings is 2. The average molecular weight is 739 g/mol. The Bertz CT molecular complexity index is 2150. The highest BCUT2D eigenvalue weighted by molar-refractivity contribution is 9.10. The van der Waals surface area contributed by atoms with E-state index in [1.807, 2.05) is 32.0 Å². The van der Waals surface area contributed by atoms with Crippen molar-refractivity contribution in [3.63, 3.8) is 0 Å². The summed E-state index contributed by atoms with van der Waals surface area (Å²) in [4.78, 5) is 47.7. The van der Waals surface area contributed by atoms with Gasteiger partial charge in [-0.25, -0.2) is 23.2 Å². The van der Waals surface area contributed by atoms with Gasteiger partial charge in [0.05, 0.1) is 17.5 Å². The number of halogens is 1. The minimum Gasteiger partial charge on any atom is -0.465 e. The van der Waals surface area contributed by atoms with Crippen molar-refractivity contribution in [2.75, 3.05) is 7.11 Å². The fourth-order valence-electron chi connectivity index (χ4n) is 5.58. The van der Waals surface area contributed by atoms with Gasteiger partial charge >= 0.3 is 5.97 Å². The first-order chi connectivity index (χ1) is 22.8. The molecule has 1 unspecified atom stereocenters. The quantitative estimate of drug-likeness (QED) is 0.124. The summed E-state index contributed by atoms with van der Waals surface area (Å²) in [5.41, 5.74) is -0.609. The van der Waals surface area contributed by atoms with E-state index in [-0.39, 0.29) is 41.4 Å². The molecule has 4 aromatic rings. The van der Waals surface area contributed by atoms with Crippen molar-refractivity contribution in [3.05, 3.63) is 99.1 Å². The SMILES string of the molecule is COC(=O)c1nc([C@@H](N=C2OC3(C=CC(=O)C=C3)CC2NS(=O)(=O)c2ccccc2[N+](=O)[O-])C(C)C)oc1-c1c[nH]c2c(Br)cccc12. The number of ether oxygens (including phenoxy) is 2. The maximum absolute atomic E-state index is 13.6. The molecule has 48 heavy (non-hydrogen) atoms. The van der Waals surface area contributed by atoms with E-state index in [0.29, 0.717) is 5.56 Å². The number of nitrogens with zero attached hydrogens (tertiary/aromatic N) is 3. The molecule has 2 atom stereocenters. The van der Waals surface area contributed by atoms with Gasteiger partial charge in [-0.2, -0.15) is 4.72 Å². The number of allylic oxidation sites excluding steroid dienone is 2. The zero-order valence-electron chi connectivity index (χ0n) is 25.7. The van der Waals surface area contributed by atoms with Crippen molar-refractivity contribution in [1.82, 2.24) is 14.7 Å². The number of hydrogen-bond donors (Lipinski definition) is 2. The first-order valence-corrected chi connectivity index (χ1v) is 16.9. The Balaban J connectivity index is 1.45. The molecule has 1 saturated heterocycles. The van der Waals surface area contributed by atoms with Crippen LogP contribution in [0.5, 0.6) is 0 Å². The van der Waals surface area contributed by atoms with E-state index in [4.69, 9.17) is 18.9 Å². The van der Waals surface area contributed by atoms with E-state index in [1.165, 1.54) is 43.5 Å². The first-order valence-electron chi connectivity index (χ1n) is 14.6. The third-order valence-electron chi connectivity index (χ3n) is 7.91. The predicted octanol–water partition coefficient (Wildman–Crippen LogP) is 5.58. The fourth-order valence-corrected chi connectivity index (χ4v) is 7.42. The summed E-state index contributed by atoms with van der Waals surface area (Å²) in [6.45, 7) is 3.66. The largest absolute Gasteiger partial charge is 0.465 e. The lowest BCUT2D eigenvalue weighted by molar-refractivity contribution is -0.387. The van der Waals surface area contributed by atoms with Crippen molar-refractivity contribution >= 4 is 60.2 Å². The Hall–Kier alpha value is -4.93. The molecular formula is C32H28BrN5O9S. The number of fused-ring (bicyclic) bond motifs is 1. The number of carbonyl (C=O) groups is 2. The number of hydrogen-bond acceptors (Lipinski definition) is 11. The molecule has 3 heterocycles. The second-order valence-corrected chi connectivity index (χ2v) is 14.0. The molecule has 1 aliphatic carbocycles. The lowest BCUT2D eigenvalue weighted by Gasteiger charge is -2.22. The van der Waals surface area contributed by atoms with Crippen LogP contribution in [0.1, 0.15) is 42.7 Å². The number of nitrogens with one attached hydrogen (secondary N) is 2. The second kappa shape index (κ2) is 12.6. The fraction of sp³-hybridized carbons (Fsp3) is 0.250. The minimum atomic E-state index is -4.49. The smallest absolute Gasteiger partial charge is 0.360 e. The highest BCUT2D eigenvalue weighted by Crippen LogP contribution is 2.40. The summed E-state index contributed by atoms with van der Waals surface area (Å²) >= 11 is 3.51. The number of ketones is 1. The zero-order valence-corrected chi connectivity index (χ0v) is 28.1. The van der Waals surface area contributed by atoms with Crippen LogP contribution in [-0.4, -0.2) is 59.7 Å². The molecule has 2 aliphatic rings. The topological polar surface area (TPSA) is 196 Å². The van der Waals surface area contributed by atoms with Gasteiger partial charge in [-0.1, -0.05) is 38.1 Å². The number of oxazole rings is 1. The first kappa shape index (κ1) is 33.0. The number of esters is 1. The van der Waals surface area contributed by atoms with Crippen molar-refractivity contribution in [1.29, 1.82) is 0 Å². The number of sulfonamides is 1. The van der Waals surface area contributed by atoms with Gasteiger partial charge in [0.25, 0.3) is 5.69 Å². The molecule has 2 aromatic heterocycles. The summed E-state index contributed by atoms with van der Waals surface area (Å²) in [5, 5.41) is 12.4. The highest BCUT2D eigenvalue weighted by Gasteiger charge is 2.46. The number of para-hydroxylation sites is 2. The molecule has 1 fully saturated rings. The van der Waals surface area contributed by atoms with E-state index in [9.17, 15) is 28.1 Å². The third-order valence-corrected chi connectivity index (χ3v) is 10.1. The van der Waals surface area contributed by atoms with E-state index in [2.05, 4.69) is 30.6 Å². The molecule has 0 radical (unpaired) electrons. The maximum Gasteiger partial charge on any atom is 0.360 e. The zero-order chi connectivity index (χ0) is 34.4. The summed E-state index contributed by atoms with van der Waals surface area (Å²) < 4.78 is 48.0. The number of aromatic amines is 1. The number of carbonyl (C=O) groups excluding carboxylic acids is 2. The molecule has 2 N–H and O–H groups in total. The molecule has 1 spiro atoms. The Kier molecular flexibility index (Phi) is 8.65. The van der Waals surface area contributed by atoms with Gasteiger partial charge in [-0.3, -0.25) is 14.9 Å². The van der Waals surface area contributed by atoms with E-state index in [0.717, 1.165) is 27.5 Å². The summed E-state index contributed by atoms with van der Waals surface area (Å²) in [5.74, 6) is -1.24. The van der Waals surface area contributed by atoms with Crippen LogP contribution in [0.25, 0.3) is 22.2 Å². The standard InChI is InChI=1S/C32H28BrN5O9S/c1-17(2)25(30-36-27(31(40)45-3)28(46-30)20-16-34-26-19(20)7-6-8-21(26)33)35-29-22(15-32(47-29)13-11-18(39)12-14-32)37-48(43,44)24-10-5-4-9-23(24)38(41)42/h4-14,16-17,22,25,34,37H,15H2,1-3H3/t22?,25-/m0/s1. The molecule has 16 heteroatoms. The summed E-state index contributed by atoms with van der Waals surface area (Å²) in [6, 6.07) is 8.48. The molecule has 2 aromatic carbocycles. The number of nitro groups is 1. The van der Waals surface area contributed by atoms with Crippen molar-refractivity contribution in [3.8, 4) is 11.3 Å². The van der Waals surface area contributed by atoms with E-state index < -0.39 is 49.2 Å². The Morgan fingerprint density at radius 2 is 1.94 bits per heavy atom. The molecule has 14 nitrogen and oxygen atoms in total. The van der Waals surface area contributed by atoms with Crippen molar-refractivity contribution < 1.29 is 36.8 Å². The Morgan fingerprint density at radius 3 is 2.62 bits per heavy atom. The van der Waals surface area contributed by atoms with Crippen molar-refractivity contribution in [2.45, 2.75) is 42.8 Å². The van der Waals surface area contributed by atoms with Crippen LogP contribution in [0, 0.1) is 16.0 Å². The monoisotopic (exact) mass is 737 g/mol. The number of H-pyrrole nitrogens is 1. The van der Waals surface area contributed by atoms with E-state index in [1.54, 1.807) is 6.20 Å². The number of methoxy groups -OCH3 is 1. The van der Waals surface area contributed by atoms with E-state index >= 15 is 0 Å². The van der Waals surface area contributed by atoms with Crippen LogP contribution in [0.15, 0.2) is 91.7 Å². The van der Waals surface area contributed by atoms with Gasteiger partial charge in [0.2, 0.25) is 21.8 Å². The molecule has 248 valence electrons. The molecule has 0 saturated carbocycles. The van der Waals surface area contributed by atoms with Crippen LogP contribution in [0.2, 0.25) is 0 Å². The van der Waals surface area contributed by atoms with Crippen LogP contribution in [-0.2, 0) is 24.3 Å². The van der Waals surface area contributed by atoms with Crippen LogP contribution < -0.4 is 4.72 Å². The van der Waals surface area contributed by atoms with Crippen LogP contribution in [0.4, 0.5) is 5.69 Å². The van der Waals surface area contributed by atoms with Gasteiger partial charge in [-0.15, -0.1) is 0 Å². The van der Waals surface area contributed by atoms with Gasteiger partial charge < -0.3 is 18.9 Å². The summed E-state index contributed by atoms with van der Waals surface area (Å²) in [6.07, 6.45) is 7.27. The number of rotatable bonds is 9. The Morgan fingerprint density at radius 1 is 1.21 bits per heavy atom. The number of aliphatic imine (C=N–C) groups is 1.